The number of halogens is 1. The molecule has 0 radical (unpaired) electrons. The molecule has 0 spiro atoms. The van der Waals surface area contributed by atoms with Gasteiger partial charge in [-0.2, -0.15) is 0 Å². The molecule has 0 aromatic heterocycles. The van der Waals surface area contributed by atoms with Crippen molar-refractivity contribution < 1.29 is 19.4 Å². The van der Waals surface area contributed by atoms with Crippen molar-refractivity contribution in [1.29, 1.82) is 0 Å². The van der Waals surface area contributed by atoms with Crippen LogP contribution < -0.4 is 0 Å². The maximum Gasteiger partial charge on any atom is 0.341 e. The van der Waals surface area contributed by atoms with E-state index in [4.69, 9.17) is 21.1 Å². The van der Waals surface area contributed by atoms with Crippen LogP contribution in [-0.2, 0) is 20.8 Å². The largest absolute Gasteiger partial charge is 0.482 e. The first-order valence-corrected chi connectivity index (χ1v) is 8.92. The highest BCUT2D eigenvalue weighted by Crippen LogP contribution is 2.31. The monoisotopic (exact) mass is 378 g/mol. The Labute approximate surface area is 158 Å². The number of hydrogen-bond acceptors (Lipinski definition) is 5. The van der Waals surface area contributed by atoms with E-state index >= 15 is 0 Å². The Morgan fingerprint density at radius 1 is 1.31 bits per heavy atom. The number of aliphatic carboxylic acids is 1. The van der Waals surface area contributed by atoms with Crippen molar-refractivity contribution in [2.24, 2.45) is 0 Å². The minimum atomic E-state index is -0.989. The number of carboxylic acids is 1. The van der Waals surface area contributed by atoms with Gasteiger partial charge in [-0.1, -0.05) is 23.7 Å². The summed E-state index contributed by atoms with van der Waals surface area (Å²) in [5.74, 6) is -0.610. The van der Waals surface area contributed by atoms with Gasteiger partial charge in [-0.15, -0.1) is 0 Å². The number of nitrogens with zero attached hydrogens (tertiary/aromatic N) is 2. The molecule has 6 nitrogen and oxygen atoms in total. The Morgan fingerprint density at radius 3 is 2.54 bits per heavy atom. The molecule has 1 atom stereocenters. The molecule has 26 heavy (non-hydrogen) atoms. The van der Waals surface area contributed by atoms with Crippen molar-refractivity contribution in [3.63, 3.8) is 0 Å². The first-order valence-electron chi connectivity index (χ1n) is 8.54. The minimum absolute atomic E-state index is 0.0902. The topological polar surface area (TPSA) is 62.2 Å². The molecule has 1 aromatic rings. The second-order valence-electron chi connectivity index (χ2n) is 6.36. The lowest BCUT2D eigenvalue weighted by molar-refractivity contribution is -0.133. The fourth-order valence-electron chi connectivity index (χ4n) is 3.41. The van der Waals surface area contributed by atoms with Crippen molar-refractivity contribution >= 4 is 17.6 Å². The number of carboxylic acid groups (broad SMARTS) is 1. The van der Waals surface area contributed by atoms with Crippen LogP contribution in [-0.4, -0.2) is 60.5 Å². The van der Waals surface area contributed by atoms with E-state index in [9.17, 15) is 9.90 Å². The van der Waals surface area contributed by atoms with E-state index in [1.165, 1.54) is 7.11 Å². The average Bonchev–Trinajstić information content (AvgIpc) is 2.64. The summed E-state index contributed by atoms with van der Waals surface area (Å²) in [6.07, 6.45) is 1.90. The highest BCUT2D eigenvalue weighted by molar-refractivity contribution is 6.30. The summed E-state index contributed by atoms with van der Waals surface area (Å²) in [6.45, 7) is 5.22. The van der Waals surface area contributed by atoms with Gasteiger partial charge in [0.15, 0.2) is 0 Å². The molecule has 2 heterocycles. The third kappa shape index (κ3) is 3.87. The number of methoxy groups -OCH3 is 1. The first-order chi connectivity index (χ1) is 12.5. The van der Waals surface area contributed by atoms with E-state index in [0.29, 0.717) is 36.2 Å². The number of morpholine rings is 1. The van der Waals surface area contributed by atoms with Gasteiger partial charge in [0.05, 0.1) is 20.3 Å². The Bertz CT molecular complexity index is 724. The van der Waals surface area contributed by atoms with Gasteiger partial charge >= 0.3 is 5.97 Å². The van der Waals surface area contributed by atoms with Gasteiger partial charge in [-0.25, -0.2) is 4.79 Å². The molecule has 140 valence electrons. The van der Waals surface area contributed by atoms with Gasteiger partial charge in [0.2, 0.25) is 5.88 Å². The van der Waals surface area contributed by atoms with Crippen LogP contribution in [0.15, 0.2) is 47.4 Å². The molecule has 7 heteroatoms. The molecule has 0 saturated carbocycles. The highest BCUT2D eigenvalue weighted by atomic mass is 35.5. The zero-order valence-corrected chi connectivity index (χ0v) is 15.7. The zero-order chi connectivity index (χ0) is 18.7. The maximum absolute atomic E-state index is 11.8. The van der Waals surface area contributed by atoms with Crippen LogP contribution in [0.5, 0.6) is 0 Å². The van der Waals surface area contributed by atoms with Gasteiger partial charge in [0.25, 0.3) is 0 Å². The fraction of sp³-hybridized carbons (Fsp3) is 0.421. The lowest BCUT2D eigenvalue weighted by Gasteiger charge is -2.43. The quantitative estimate of drug-likeness (QED) is 0.850. The molecule has 1 N–H and O–H groups in total. The molecule has 2 aliphatic rings. The van der Waals surface area contributed by atoms with Crippen molar-refractivity contribution in [3.8, 4) is 0 Å². The third-order valence-corrected chi connectivity index (χ3v) is 4.93. The molecular formula is C19H23ClN2O4. The Morgan fingerprint density at radius 2 is 1.96 bits per heavy atom. The molecule has 1 saturated heterocycles. The summed E-state index contributed by atoms with van der Waals surface area (Å²) >= 11 is 5.99. The number of hydrogen-bond donors (Lipinski definition) is 1. The van der Waals surface area contributed by atoms with E-state index in [2.05, 4.69) is 4.90 Å². The van der Waals surface area contributed by atoms with E-state index in [-0.39, 0.29) is 11.7 Å². The molecule has 1 aromatic carbocycles. The third-order valence-electron chi connectivity index (χ3n) is 4.68. The molecule has 0 aliphatic carbocycles. The van der Waals surface area contributed by atoms with Crippen LogP contribution in [0, 0.1) is 0 Å². The number of carbonyl (C=O) groups is 1. The van der Waals surface area contributed by atoms with Crippen molar-refractivity contribution in [2.45, 2.75) is 19.6 Å². The van der Waals surface area contributed by atoms with Crippen molar-refractivity contribution in [2.75, 3.05) is 33.4 Å². The summed E-state index contributed by atoms with van der Waals surface area (Å²) < 4.78 is 11.0. The second-order valence-corrected chi connectivity index (χ2v) is 6.79. The highest BCUT2D eigenvalue weighted by Gasteiger charge is 2.35. The van der Waals surface area contributed by atoms with Crippen LogP contribution in [0.2, 0.25) is 5.02 Å². The molecule has 0 amide bonds. The lowest BCUT2D eigenvalue weighted by Crippen LogP contribution is -2.52. The summed E-state index contributed by atoms with van der Waals surface area (Å²) in [6, 6.07) is 7.55. The van der Waals surface area contributed by atoms with Gasteiger partial charge in [-0.3, -0.25) is 4.90 Å². The lowest BCUT2D eigenvalue weighted by atomic mass is 10.0. The normalized spacial score (nSPS) is 21.6. The summed E-state index contributed by atoms with van der Waals surface area (Å²) in [4.78, 5) is 16.1. The van der Waals surface area contributed by atoms with Crippen LogP contribution >= 0.6 is 11.6 Å². The Balaban J connectivity index is 1.99. The van der Waals surface area contributed by atoms with Gasteiger partial charge in [-0.05, 0) is 36.3 Å². The van der Waals surface area contributed by atoms with Crippen LogP contribution in [0.25, 0.3) is 0 Å². The number of rotatable bonds is 5. The van der Waals surface area contributed by atoms with E-state index in [0.717, 1.165) is 18.7 Å². The van der Waals surface area contributed by atoms with Crippen LogP contribution in [0.1, 0.15) is 12.5 Å². The fourth-order valence-corrected chi connectivity index (χ4v) is 3.53. The number of ether oxygens (including phenoxy) is 2. The van der Waals surface area contributed by atoms with Gasteiger partial charge in [0.1, 0.15) is 11.7 Å². The van der Waals surface area contributed by atoms with Crippen molar-refractivity contribution in [3.05, 3.63) is 58.0 Å². The molecule has 2 aliphatic heterocycles. The van der Waals surface area contributed by atoms with E-state index in [1.807, 2.05) is 42.2 Å². The predicted molar refractivity (Wildman–Crippen MR) is 98.6 cm³/mol. The summed E-state index contributed by atoms with van der Waals surface area (Å²) in [5.41, 5.74) is 1.93. The standard InChI is InChI=1S/C19H23ClN2O4/c1-13-11-16(21-7-9-26-10-8-21)22(18(25-2)17(13)19(23)24)12-14-3-5-15(20)6-4-14/h3-6,11,16H,7-10,12H2,1-2H3,(H,23,24). The molecule has 3 rings (SSSR count). The maximum atomic E-state index is 11.8. The summed E-state index contributed by atoms with van der Waals surface area (Å²) in [7, 11) is 1.52. The Hall–Kier alpha value is -2.02. The summed E-state index contributed by atoms with van der Waals surface area (Å²) in [5, 5.41) is 10.3. The average molecular weight is 379 g/mol. The number of benzene rings is 1. The van der Waals surface area contributed by atoms with Gasteiger partial charge < -0.3 is 19.5 Å². The Kier molecular flexibility index (Phi) is 5.86. The first kappa shape index (κ1) is 18.8. The zero-order valence-electron chi connectivity index (χ0n) is 14.9. The molecular weight excluding hydrogens is 356 g/mol. The second kappa shape index (κ2) is 8.12. The molecule has 0 bridgehead atoms. The van der Waals surface area contributed by atoms with Crippen LogP contribution in [0.3, 0.4) is 0 Å². The predicted octanol–water partition coefficient (Wildman–Crippen LogP) is 2.70. The van der Waals surface area contributed by atoms with E-state index < -0.39 is 5.97 Å². The molecule has 1 unspecified atom stereocenters. The van der Waals surface area contributed by atoms with Crippen LogP contribution in [0.4, 0.5) is 0 Å². The van der Waals surface area contributed by atoms with Crippen molar-refractivity contribution in [1.82, 2.24) is 9.80 Å². The minimum Gasteiger partial charge on any atom is -0.482 e. The SMILES string of the molecule is COC1=C(C(=O)O)C(C)=CC(N2CCOCC2)N1Cc1ccc(Cl)cc1. The smallest absolute Gasteiger partial charge is 0.341 e. The van der Waals surface area contributed by atoms with E-state index in [1.54, 1.807) is 0 Å². The van der Waals surface area contributed by atoms with Gasteiger partial charge in [0, 0.05) is 24.7 Å². The molecule has 1 fully saturated rings.